The van der Waals surface area contributed by atoms with E-state index < -0.39 is 0 Å². The molecule has 2 aromatic heterocycles. The molecule has 0 aliphatic carbocycles. The first-order valence-electron chi connectivity index (χ1n) is 3.23. The number of halogens is 1. The largest absolute Gasteiger partial charge is 0.343 e. The van der Waals surface area contributed by atoms with Crippen LogP contribution in [-0.2, 0) is 0 Å². The molecule has 0 spiro atoms. The number of fused-ring (bicyclic) bond motifs is 1. The molecule has 0 amide bonds. The minimum absolute atomic E-state index is 0.304. The Balaban J connectivity index is 2.86. The molecule has 56 valence electrons. The monoisotopic (exact) mass is 151 g/mol. The van der Waals surface area contributed by atoms with E-state index in [1.807, 2.05) is 0 Å². The van der Waals surface area contributed by atoms with Crippen LogP contribution in [-0.4, -0.2) is 15.0 Å². The van der Waals surface area contributed by atoms with Crippen LogP contribution in [0.1, 0.15) is 5.69 Å². The summed E-state index contributed by atoms with van der Waals surface area (Å²) >= 11 is 0. The third-order valence-electron chi connectivity index (χ3n) is 1.54. The van der Waals surface area contributed by atoms with Crippen LogP contribution in [0.3, 0.4) is 0 Å². The van der Waals surface area contributed by atoms with Gasteiger partial charge in [0, 0.05) is 6.07 Å². The summed E-state index contributed by atoms with van der Waals surface area (Å²) < 4.78 is 12.8. The van der Waals surface area contributed by atoms with E-state index in [0.29, 0.717) is 16.9 Å². The van der Waals surface area contributed by atoms with Crippen molar-refractivity contribution >= 4 is 11.2 Å². The fourth-order valence-corrected chi connectivity index (χ4v) is 0.936. The molecule has 0 aliphatic rings. The number of H-pyrrole nitrogens is 1. The number of pyridine rings is 1. The van der Waals surface area contributed by atoms with Gasteiger partial charge in [0.1, 0.15) is 5.82 Å². The molecule has 4 heteroatoms. The van der Waals surface area contributed by atoms with Crippen molar-refractivity contribution in [2.45, 2.75) is 6.92 Å². The second-order valence-electron chi connectivity index (χ2n) is 2.33. The highest BCUT2D eigenvalue weighted by Crippen LogP contribution is 2.10. The fraction of sp³-hybridized carbons (Fsp3) is 0.143. The molecule has 1 N–H and O–H groups in total. The molecule has 0 fully saturated rings. The van der Waals surface area contributed by atoms with E-state index in [-0.39, 0.29) is 5.82 Å². The second kappa shape index (κ2) is 2.02. The number of rotatable bonds is 0. The second-order valence-corrected chi connectivity index (χ2v) is 2.33. The van der Waals surface area contributed by atoms with Gasteiger partial charge in [-0.2, -0.15) is 0 Å². The Morgan fingerprint density at radius 1 is 1.55 bits per heavy atom. The van der Waals surface area contributed by atoms with Crippen LogP contribution in [0.4, 0.5) is 4.39 Å². The van der Waals surface area contributed by atoms with Crippen LogP contribution in [0.2, 0.25) is 0 Å². The van der Waals surface area contributed by atoms with E-state index in [1.165, 1.54) is 12.4 Å². The molecule has 2 heterocycles. The number of hydrogen-bond donors (Lipinski definition) is 1. The average molecular weight is 151 g/mol. The van der Waals surface area contributed by atoms with Gasteiger partial charge in [-0.05, 0) is 6.92 Å². The zero-order valence-electron chi connectivity index (χ0n) is 5.93. The molecule has 0 aromatic carbocycles. The summed E-state index contributed by atoms with van der Waals surface area (Å²) in [6, 6.07) is 1.39. The lowest BCUT2D eigenvalue weighted by atomic mass is 10.3. The zero-order valence-corrected chi connectivity index (χ0v) is 5.93. The van der Waals surface area contributed by atoms with E-state index in [1.54, 1.807) is 6.92 Å². The van der Waals surface area contributed by atoms with Crippen LogP contribution in [0.15, 0.2) is 12.4 Å². The molecule has 11 heavy (non-hydrogen) atoms. The van der Waals surface area contributed by atoms with Crippen molar-refractivity contribution in [2.24, 2.45) is 0 Å². The van der Waals surface area contributed by atoms with Gasteiger partial charge in [0.05, 0.1) is 17.5 Å². The maximum atomic E-state index is 12.8. The molecule has 0 radical (unpaired) electrons. The van der Waals surface area contributed by atoms with Crippen molar-refractivity contribution in [3.05, 3.63) is 23.9 Å². The summed E-state index contributed by atoms with van der Waals surface area (Å²) in [6.45, 7) is 1.61. The van der Waals surface area contributed by atoms with E-state index >= 15 is 0 Å². The summed E-state index contributed by atoms with van der Waals surface area (Å²) in [4.78, 5) is 10.6. The van der Waals surface area contributed by atoms with Gasteiger partial charge in [-0.1, -0.05) is 0 Å². The summed E-state index contributed by atoms with van der Waals surface area (Å²) in [5.74, 6) is -0.304. The molecule has 0 aliphatic heterocycles. The molecule has 0 atom stereocenters. The Labute approximate surface area is 62.3 Å². The standard InChI is InChI=1S/C7H6FN3/c1-4-5(8)2-6-7(11-4)10-3-9-6/h2-3H,1H3,(H,9,10,11). The highest BCUT2D eigenvalue weighted by Gasteiger charge is 2.02. The van der Waals surface area contributed by atoms with Crippen molar-refractivity contribution in [1.29, 1.82) is 0 Å². The quantitative estimate of drug-likeness (QED) is 0.618. The molecule has 0 saturated carbocycles. The van der Waals surface area contributed by atoms with Crippen molar-refractivity contribution in [1.82, 2.24) is 15.0 Å². The fourth-order valence-electron chi connectivity index (χ4n) is 0.936. The first kappa shape index (κ1) is 6.27. The third kappa shape index (κ3) is 0.869. The number of imidazole rings is 1. The Morgan fingerprint density at radius 2 is 2.36 bits per heavy atom. The number of aryl methyl sites for hydroxylation is 1. The van der Waals surface area contributed by atoms with E-state index in [9.17, 15) is 4.39 Å². The minimum atomic E-state index is -0.304. The molecular formula is C7H6FN3. The number of nitrogens with zero attached hydrogens (tertiary/aromatic N) is 2. The van der Waals surface area contributed by atoms with Gasteiger partial charge in [-0.25, -0.2) is 14.4 Å². The highest BCUT2D eigenvalue weighted by atomic mass is 19.1. The molecule has 0 bridgehead atoms. The molecule has 2 aromatic rings. The van der Waals surface area contributed by atoms with E-state index in [2.05, 4.69) is 15.0 Å². The van der Waals surface area contributed by atoms with Crippen molar-refractivity contribution in [3.8, 4) is 0 Å². The lowest BCUT2D eigenvalue weighted by Gasteiger charge is -1.92. The summed E-state index contributed by atoms with van der Waals surface area (Å²) in [7, 11) is 0. The smallest absolute Gasteiger partial charge is 0.177 e. The van der Waals surface area contributed by atoms with Gasteiger partial charge in [0.15, 0.2) is 5.65 Å². The Morgan fingerprint density at radius 3 is 3.18 bits per heavy atom. The Hall–Kier alpha value is -1.45. The summed E-state index contributed by atoms with van der Waals surface area (Å²) in [5.41, 5.74) is 1.57. The van der Waals surface area contributed by atoms with Crippen molar-refractivity contribution < 1.29 is 4.39 Å². The van der Waals surface area contributed by atoms with Crippen molar-refractivity contribution in [3.63, 3.8) is 0 Å². The molecule has 0 unspecified atom stereocenters. The minimum Gasteiger partial charge on any atom is -0.343 e. The van der Waals surface area contributed by atoms with E-state index in [4.69, 9.17) is 0 Å². The summed E-state index contributed by atoms with van der Waals surface area (Å²) in [6.07, 6.45) is 1.50. The number of aromatic amines is 1. The number of aromatic nitrogens is 3. The third-order valence-corrected chi connectivity index (χ3v) is 1.54. The lowest BCUT2D eigenvalue weighted by Crippen LogP contribution is -1.87. The Kier molecular flexibility index (Phi) is 1.15. The maximum Gasteiger partial charge on any atom is 0.177 e. The molecule has 0 saturated heterocycles. The maximum absolute atomic E-state index is 12.8. The molecule has 2 rings (SSSR count). The molecule has 3 nitrogen and oxygen atoms in total. The van der Waals surface area contributed by atoms with Crippen LogP contribution in [0.25, 0.3) is 11.2 Å². The predicted octanol–water partition coefficient (Wildman–Crippen LogP) is 1.41. The SMILES string of the molecule is Cc1nc2nc[nH]c2cc1F. The van der Waals surface area contributed by atoms with Crippen LogP contribution >= 0.6 is 0 Å². The topological polar surface area (TPSA) is 41.6 Å². The highest BCUT2D eigenvalue weighted by molar-refractivity contribution is 5.69. The Bertz CT molecular complexity index is 357. The van der Waals surface area contributed by atoms with Gasteiger partial charge < -0.3 is 4.98 Å². The predicted molar refractivity (Wildman–Crippen MR) is 38.6 cm³/mol. The first-order valence-corrected chi connectivity index (χ1v) is 3.23. The van der Waals surface area contributed by atoms with Gasteiger partial charge >= 0.3 is 0 Å². The van der Waals surface area contributed by atoms with Crippen molar-refractivity contribution in [2.75, 3.05) is 0 Å². The van der Waals surface area contributed by atoms with Gasteiger partial charge in [-0.15, -0.1) is 0 Å². The number of nitrogens with one attached hydrogen (secondary N) is 1. The van der Waals surface area contributed by atoms with Crippen LogP contribution in [0, 0.1) is 12.7 Å². The zero-order chi connectivity index (χ0) is 7.84. The van der Waals surface area contributed by atoms with Gasteiger partial charge in [-0.3, -0.25) is 0 Å². The molecular weight excluding hydrogens is 145 g/mol. The number of hydrogen-bond acceptors (Lipinski definition) is 2. The van der Waals surface area contributed by atoms with E-state index in [0.717, 1.165) is 0 Å². The van der Waals surface area contributed by atoms with Gasteiger partial charge in [0.2, 0.25) is 0 Å². The summed E-state index contributed by atoms with van der Waals surface area (Å²) in [5, 5.41) is 0. The van der Waals surface area contributed by atoms with Gasteiger partial charge in [0.25, 0.3) is 0 Å². The first-order chi connectivity index (χ1) is 5.27. The van der Waals surface area contributed by atoms with Crippen LogP contribution < -0.4 is 0 Å². The normalized spacial score (nSPS) is 10.7. The van der Waals surface area contributed by atoms with Crippen LogP contribution in [0.5, 0.6) is 0 Å². The lowest BCUT2D eigenvalue weighted by molar-refractivity contribution is 0.612. The average Bonchev–Trinajstić information content (AvgIpc) is 2.36.